The van der Waals surface area contributed by atoms with Crippen molar-refractivity contribution >= 4 is 35.6 Å². The van der Waals surface area contributed by atoms with Crippen LogP contribution in [0.2, 0.25) is 5.02 Å². The number of amides is 1. The summed E-state index contributed by atoms with van der Waals surface area (Å²) in [7, 11) is 0. The fraction of sp³-hybridized carbons (Fsp3) is 0.611. The maximum Gasteiger partial charge on any atom is 0.227 e. The lowest BCUT2D eigenvalue weighted by Gasteiger charge is -2.43. The summed E-state index contributed by atoms with van der Waals surface area (Å²) < 4.78 is 11.1. The zero-order chi connectivity index (χ0) is 16.7. The van der Waals surface area contributed by atoms with Crippen molar-refractivity contribution in [3.63, 3.8) is 0 Å². The number of nitrogens with two attached hydrogens (primary N) is 1. The van der Waals surface area contributed by atoms with Gasteiger partial charge in [-0.05, 0) is 37.5 Å². The molecule has 2 unspecified atom stereocenters. The summed E-state index contributed by atoms with van der Waals surface area (Å²) in [5.74, 6) is 2.26. The van der Waals surface area contributed by atoms with E-state index in [0.717, 1.165) is 25.7 Å². The van der Waals surface area contributed by atoms with Crippen molar-refractivity contribution in [1.82, 2.24) is 0 Å². The molecule has 3 aliphatic rings. The molecule has 0 saturated heterocycles. The lowest BCUT2D eigenvalue weighted by molar-refractivity contribution is -0.122. The van der Waals surface area contributed by atoms with Gasteiger partial charge in [-0.25, -0.2) is 0 Å². The molecule has 0 spiro atoms. The zero-order valence-electron chi connectivity index (χ0n) is 14.0. The average Bonchev–Trinajstić information content (AvgIpc) is 2.55. The van der Waals surface area contributed by atoms with E-state index in [-0.39, 0.29) is 30.3 Å². The number of carbonyl (C=O) groups is 1. The van der Waals surface area contributed by atoms with Gasteiger partial charge in [0.2, 0.25) is 5.91 Å². The maximum atomic E-state index is 12.7. The molecule has 2 atom stereocenters. The van der Waals surface area contributed by atoms with Gasteiger partial charge >= 0.3 is 0 Å². The third-order valence-corrected chi connectivity index (χ3v) is 5.99. The van der Waals surface area contributed by atoms with Gasteiger partial charge in [-0.15, -0.1) is 12.4 Å². The number of halogens is 2. The van der Waals surface area contributed by atoms with E-state index >= 15 is 0 Å². The quantitative estimate of drug-likeness (QED) is 0.813. The molecule has 4 rings (SSSR count). The van der Waals surface area contributed by atoms with E-state index < -0.39 is 0 Å². The number of ether oxygens (including phenoxy) is 2. The number of hydrogen-bond donors (Lipinski definition) is 2. The minimum atomic E-state index is 0. The van der Waals surface area contributed by atoms with E-state index in [4.69, 9.17) is 26.8 Å². The number of carbonyl (C=O) groups excluding carboxylic acids is 1. The Morgan fingerprint density at radius 2 is 1.72 bits per heavy atom. The van der Waals surface area contributed by atoms with E-state index in [9.17, 15) is 4.79 Å². The first-order valence-electron chi connectivity index (χ1n) is 8.77. The number of anilines is 1. The number of benzene rings is 1. The Morgan fingerprint density at radius 3 is 2.36 bits per heavy atom. The van der Waals surface area contributed by atoms with Crippen LogP contribution in [0.3, 0.4) is 0 Å². The van der Waals surface area contributed by atoms with Crippen molar-refractivity contribution in [3.8, 4) is 11.5 Å². The molecule has 2 fully saturated rings. The molecule has 3 N–H and O–H groups in total. The Kier molecular flexibility index (Phi) is 5.66. The monoisotopic (exact) mass is 386 g/mol. The Balaban J connectivity index is 0.00000182. The largest absolute Gasteiger partial charge is 0.486 e. The second-order valence-electron chi connectivity index (χ2n) is 7.16. The van der Waals surface area contributed by atoms with Gasteiger partial charge in [-0.2, -0.15) is 0 Å². The van der Waals surface area contributed by atoms with E-state index in [2.05, 4.69) is 5.32 Å². The summed E-state index contributed by atoms with van der Waals surface area (Å²) in [6, 6.07) is 3.72. The molecule has 2 saturated carbocycles. The predicted molar refractivity (Wildman–Crippen MR) is 99.9 cm³/mol. The number of hydrogen-bond acceptors (Lipinski definition) is 4. The SMILES string of the molecule is Cl.NC1C2CCCC1CC(C(=O)Nc1cc3c(cc1Cl)OCCO3)C2. The first-order valence-corrected chi connectivity index (χ1v) is 9.15. The average molecular weight is 387 g/mol. The van der Waals surface area contributed by atoms with Gasteiger partial charge in [0.1, 0.15) is 13.2 Å². The van der Waals surface area contributed by atoms with Crippen molar-refractivity contribution in [3.05, 3.63) is 17.2 Å². The van der Waals surface area contributed by atoms with Crippen LogP contribution >= 0.6 is 24.0 Å². The smallest absolute Gasteiger partial charge is 0.227 e. The summed E-state index contributed by atoms with van der Waals surface area (Å²) in [6.45, 7) is 1.02. The summed E-state index contributed by atoms with van der Waals surface area (Å²) in [5.41, 5.74) is 6.91. The number of rotatable bonds is 2. The van der Waals surface area contributed by atoms with Crippen LogP contribution in [0.25, 0.3) is 0 Å². The molecule has 1 aromatic carbocycles. The van der Waals surface area contributed by atoms with E-state index in [1.54, 1.807) is 12.1 Å². The van der Waals surface area contributed by atoms with Gasteiger partial charge in [0.15, 0.2) is 11.5 Å². The minimum absolute atomic E-state index is 0. The first kappa shape index (κ1) is 18.6. The van der Waals surface area contributed by atoms with Gasteiger partial charge in [0.25, 0.3) is 0 Å². The molecule has 2 aliphatic carbocycles. The Morgan fingerprint density at radius 1 is 1.12 bits per heavy atom. The van der Waals surface area contributed by atoms with E-state index in [0.29, 0.717) is 47.3 Å². The molecule has 1 heterocycles. The van der Waals surface area contributed by atoms with Crippen molar-refractivity contribution in [2.24, 2.45) is 23.5 Å². The number of nitrogens with one attached hydrogen (secondary N) is 1. The molecular formula is C18H24Cl2N2O3. The molecule has 0 radical (unpaired) electrons. The standard InChI is InChI=1S/C18H23ClN2O3.ClH/c19-13-8-15-16(24-5-4-23-15)9-14(13)21-18(22)12-6-10-2-1-3-11(7-12)17(10)20;/h8-12,17H,1-7,20H2,(H,21,22);1H. The van der Waals surface area contributed by atoms with Gasteiger partial charge in [-0.3, -0.25) is 4.79 Å². The first-order chi connectivity index (χ1) is 11.6. The normalized spacial score (nSPS) is 30.2. The van der Waals surface area contributed by atoms with Crippen molar-refractivity contribution in [2.75, 3.05) is 18.5 Å². The summed E-state index contributed by atoms with van der Waals surface area (Å²) >= 11 is 6.29. The predicted octanol–water partition coefficient (Wildman–Crippen LogP) is 3.63. The van der Waals surface area contributed by atoms with E-state index in [1.807, 2.05) is 0 Å². The lowest BCUT2D eigenvalue weighted by atomic mass is 9.65. The Bertz CT molecular complexity index is 641. The van der Waals surface area contributed by atoms with E-state index in [1.165, 1.54) is 6.42 Å². The Hall–Kier alpha value is -1.17. The molecule has 0 aromatic heterocycles. The van der Waals surface area contributed by atoms with Gasteiger partial charge in [0.05, 0.1) is 10.7 Å². The third kappa shape index (κ3) is 3.69. The second kappa shape index (κ2) is 7.60. The lowest BCUT2D eigenvalue weighted by Crippen LogP contribution is -2.48. The summed E-state index contributed by atoms with van der Waals surface area (Å²) in [4.78, 5) is 12.7. The van der Waals surface area contributed by atoms with Crippen LogP contribution in [-0.4, -0.2) is 25.2 Å². The topological polar surface area (TPSA) is 73.6 Å². The van der Waals surface area contributed by atoms with Gasteiger partial charge in [0, 0.05) is 24.1 Å². The van der Waals surface area contributed by atoms with Gasteiger partial charge in [-0.1, -0.05) is 18.0 Å². The molecule has 2 bridgehead atoms. The fourth-order valence-corrected chi connectivity index (χ4v) is 4.60. The maximum absolute atomic E-state index is 12.7. The highest BCUT2D eigenvalue weighted by Gasteiger charge is 2.40. The second-order valence-corrected chi connectivity index (χ2v) is 7.57. The van der Waals surface area contributed by atoms with Crippen LogP contribution in [0, 0.1) is 17.8 Å². The van der Waals surface area contributed by atoms with Gasteiger partial charge < -0.3 is 20.5 Å². The fourth-order valence-electron chi connectivity index (χ4n) is 4.40. The molecular weight excluding hydrogens is 363 g/mol. The van der Waals surface area contributed by atoms with Crippen LogP contribution in [0.1, 0.15) is 32.1 Å². The van der Waals surface area contributed by atoms with Crippen LogP contribution in [0.5, 0.6) is 11.5 Å². The molecule has 7 heteroatoms. The highest BCUT2D eigenvalue weighted by atomic mass is 35.5. The Labute approximate surface area is 159 Å². The highest BCUT2D eigenvalue weighted by Crippen LogP contribution is 2.43. The summed E-state index contributed by atoms with van der Waals surface area (Å²) in [5, 5.41) is 3.46. The van der Waals surface area contributed by atoms with Crippen LogP contribution in [0.15, 0.2) is 12.1 Å². The zero-order valence-corrected chi connectivity index (χ0v) is 15.6. The molecule has 1 aliphatic heterocycles. The number of fused-ring (bicyclic) bond motifs is 3. The highest BCUT2D eigenvalue weighted by molar-refractivity contribution is 6.34. The molecule has 138 valence electrons. The molecule has 1 aromatic rings. The third-order valence-electron chi connectivity index (χ3n) is 5.67. The minimum Gasteiger partial charge on any atom is -0.486 e. The van der Waals surface area contributed by atoms with Crippen LogP contribution < -0.4 is 20.5 Å². The van der Waals surface area contributed by atoms with Crippen molar-refractivity contribution < 1.29 is 14.3 Å². The van der Waals surface area contributed by atoms with Crippen LogP contribution in [0.4, 0.5) is 5.69 Å². The molecule has 5 nitrogen and oxygen atoms in total. The van der Waals surface area contributed by atoms with Crippen molar-refractivity contribution in [2.45, 2.75) is 38.1 Å². The molecule has 1 amide bonds. The molecule has 25 heavy (non-hydrogen) atoms. The summed E-state index contributed by atoms with van der Waals surface area (Å²) in [6.07, 6.45) is 5.29. The van der Waals surface area contributed by atoms with Crippen LogP contribution in [-0.2, 0) is 4.79 Å². The van der Waals surface area contributed by atoms with Crippen molar-refractivity contribution in [1.29, 1.82) is 0 Å².